The fourth-order valence-corrected chi connectivity index (χ4v) is 2.15. The van der Waals surface area contributed by atoms with Crippen LogP contribution in [0.15, 0.2) is 12.1 Å². The van der Waals surface area contributed by atoms with E-state index in [0.29, 0.717) is 23.5 Å². The standard InChI is InChI=1S/C15H27N5O/c1-11(2)9-12(10-19(3)4)16-14-8-7-13(17-18-14)15(21)20(5)6/h7-8,11-12H,9-10H2,1-6H3,(H,16,18). The molecule has 1 amide bonds. The lowest BCUT2D eigenvalue weighted by Crippen LogP contribution is -2.34. The summed E-state index contributed by atoms with van der Waals surface area (Å²) >= 11 is 0. The van der Waals surface area contributed by atoms with Crippen LogP contribution in [0, 0.1) is 5.92 Å². The number of hydrogen-bond acceptors (Lipinski definition) is 5. The smallest absolute Gasteiger partial charge is 0.273 e. The van der Waals surface area contributed by atoms with Gasteiger partial charge in [-0.25, -0.2) is 0 Å². The van der Waals surface area contributed by atoms with Crippen molar-refractivity contribution >= 4 is 11.7 Å². The third-order valence-corrected chi connectivity index (χ3v) is 2.98. The average Bonchev–Trinajstić information content (AvgIpc) is 2.37. The van der Waals surface area contributed by atoms with Gasteiger partial charge in [-0.15, -0.1) is 10.2 Å². The number of rotatable bonds is 7. The second kappa shape index (κ2) is 7.93. The molecular formula is C15H27N5O. The summed E-state index contributed by atoms with van der Waals surface area (Å²) < 4.78 is 0. The molecule has 21 heavy (non-hydrogen) atoms. The minimum Gasteiger partial charge on any atom is -0.365 e. The number of aromatic nitrogens is 2. The van der Waals surface area contributed by atoms with E-state index in [0.717, 1.165) is 13.0 Å². The first-order valence-corrected chi connectivity index (χ1v) is 7.26. The van der Waals surface area contributed by atoms with Crippen molar-refractivity contribution in [2.24, 2.45) is 5.92 Å². The van der Waals surface area contributed by atoms with Gasteiger partial charge in [0, 0.05) is 26.7 Å². The number of nitrogens with one attached hydrogen (secondary N) is 1. The van der Waals surface area contributed by atoms with Gasteiger partial charge in [0.2, 0.25) is 0 Å². The Kier molecular flexibility index (Phi) is 6.55. The van der Waals surface area contributed by atoms with Crippen molar-refractivity contribution in [1.82, 2.24) is 20.0 Å². The van der Waals surface area contributed by atoms with Crippen molar-refractivity contribution < 1.29 is 4.79 Å². The highest BCUT2D eigenvalue weighted by molar-refractivity contribution is 5.91. The van der Waals surface area contributed by atoms with E-state index in [2.05, 4.69) is 48.4 Å². The van der Waals surface area contributed by atoms with Gasteiger partial charge in [0.1, 0.15) is 5.82 Å². The highest BCUT2D eigenvalue weighted by atomic mass is 16.2. The first-order chi connectivity index (χ1) is 9.79. The van der Waals surface area contributed by atoms with Gasteiger partial charge >= 0.3 is 0 Å². The zero-order valence-corrected chi connectivity index (χ0v) is 13.9. The van der Waals surface area contributed by atoms with Crippen molar-refractivity contribution in [2.75, 3.05) is 40.1 Å². The highest BCUT2D eigenvalue weighted by Gasteiger charge is 2.14. The van der Waals surface area contributed by atoms with Gasteiger partial charge in [0.25, 0.3) is 5.91 Å². The Labute approximate surface area is 127 Å². The summed E-state index contributed by atoms with van der Waals surface area (Å²) in [6.45, 7) is 5.34. The predicted octanol–water partition coefficient (Wildman–Crippen LogP) is 1.57. The van der Waals surface area contributed by atoms with Gasteiger partial charge in [-0.05, 0) is 38.6 Å². The fourth-order valence-electron chi connectivity index (χ4n) is 2.15. The zero-order valence-electron chi connectivity index (χ0n) is 13.9. The molecule has 0 spiro atoms. The van der Waals surface area contributed by atoms with Crippen LogP contribution in [0.1, 0.15) is 30.8 Å². The van der Waals surface area contributed by atoms with Crippen LogP contribution in [-0.2, 0) is 0 Å². The Balaban J connectivity index is 2.73. The predicted molar refractivity (Wildman–Crippen MR) is 85.5 cm³/mol. The molecule has 0 aromatic carbocycles. The Morgan fingerprint density at radius 3 is 2.29 bits per heavy atom. The van der Waals surface area contributed by atoms with E-state index in [4.69, 9.17) is 0 Å². The molecule has 0 saturated carbocycles. The second-order valence-corrected chi connectivity index (χ2v) is 6.24. The van der Waals surface area contributed by atoms with Crippen molar-refractivity contribution in [3.8, 4) is 0 Å². The van der Waals surface area contributed by atoms with E-state index in [-0.39, 0.29) is 5.91 Å². The number of carbonyl (C=O) groups excluding carboxylic acids is 1. The highest BCUT2D eigenvalue weighted by Crippen LogP contribution is 2.12. The molecule has 0 aliphatic heterocycles. The van der Waals surface area contributed by atoms with E-state index >= 15 is 0 Å². The number of nitrogens with zero attached hydrogens (tertiary/aromatic N) is 4. The normalized spacial score (nSPS) is 12.6. The molecule has 6 heteroatoms. The molecule has 6 nitrogen and oxygen atoms in total. The first-order valence-electron chi connectivity index (χ1n) is 7.26. The average molecular weight is 293 g/mol. The summed E-state index contributed by atoms with van der Waals surface area (Å²) in [5, 5.41) is 11.5. The topological polar surface area (TPSA) is 61.4 Å². The molecule has 1 unspecified atom stereocenters. The van der Waals surface area contributed by atoms with E-state index < -0.39 is 0 Å². The minimum absolute atomic E-state index is 0.138. The maximum absolute atomic E-state index is 11.8. The van der Waals surface area contributed by atoms with Crippen LogP contribution in [0.25, 0.3) is 0 Å². The maximum Gasteiger partial charge on any atom is 0.273 e. The number of hydrogen-bond donors (Lipinski definition) is 1. The van der Waals surface area contributed by atoms with Gasteiger partial charge in [-0.2, -0.15) is 0 Å². The fraction of sp³-hybridized carbons (Fsp3) is 0.667. The molecular weight excluding hydrogens is 266 g/mol. The molecule has 0 aliphatic carbocycles. The Morgan fingerprint density at radius 2 is 1.86 bits per heavy atom. The molecule has 118 valence electrons. The van der Waals surface area contributed by atoms with Gasteiger partial charge in [-0.3, -0.25) is 4.79 Å². The van der Waals surface area contributed by atoms with E-state index in [9.17, 15) is 4.79 Å². The van der Waals surface area contributed by atoms with Crippen molar-refractivity contribution in [1.29, 1.82) is 0 Å². The summed E-state index contributed by atoms with van der Waals surface area (Å²) in [6, 6.07) is 3.83. The zero-order chi connectivity index (χ0) is 16.0. The van der Waals surface area contributed by atoms with Gasteiger partial charge in [0.15, 0.2) is 5.69 Å². The van der Waals surface area contributed by atoms with Crippen LogP contribution in [0.5, 0.6) is 0 Å². The Hall–Kier alpha value is -1.69. The molecule has 1 atom stereocenters. The Morgan fingerprint density at radius 1 is 1.19 bits per heavy atom. The second-order valence-electron chi connectivity index (χ2n) is 6.24. The van der Waals surface area contributed by atoms with Crippen LogP contribution >= 0.6 is 0 Å². The molecule has 1 aromatic heterocycles. The lowest BCUT2D eigenvalue weighted by Gasteiger charge is -2.24. The SMILES string of the molecule is CC(C)CC(CN(C)C)Nc1ccc(C(=O)N(C)C)nn1. The molecule has 0 fully saturated rings. The summed E-state index contributed by atoms with van der Waals surface area (Å²) in [6.07, 6.45) is 1.05. The van der Waals surface area contributed by atoms with Crippen molar-refractivity contribution in [3.05, 3.63) is 17.8 Å². The molecule has 0 aliphatic rings. The number of carbonyl (C=O) groups is 1. The third kappa shape index (κ3) is 6.08. The first kappa shape index (κ1) is 17.4. The van der Waals surface area contributed by atoms with E-state index in [1.165, 1.54) is 4.90 Å². The molecule has 0 bridgehead atoms. The van der Waals surface area contributed by atoms with Gasteiger partial charge < -0.3 is 15.1 Å². The lowest BCUT2D eigenvalue weighted by atomic mass is 10.0. The van der Waals surface area contributed by atoms with Crippen molar-refractivity contribution in [3.63, 3.8) is 0 Å². The molecule has 1 aromatic rings. The monoisotopic (exact) mass is 293 g/mol. The summed E-state index contributed by atoms with van der Waals surface area (Å²) in [5.74, 6) is 1.17. The Bertz CT molecular complexity index is 432. The van der Waals surface area contributed by atoms with E-state index in [1.54, 1.807) is 20.2 Å². The van der Waals surface area contributed by atoms with Crippen LogP contribution in [0.2, 0.25) is 0 Å². The molecule has 0 saturated heterocycles. The lowest BCUT2D eigenvalue weighted by molar-refractivity contribution is 0.0821. The van der Waals surface area contributed by atoms with Gasteiger partial charge in [-0.1, -0.05) is 13.8 Å². The summed E-state index contributed by atoms with van der Waals surface area (Å²) in [7, 11) is 7.51. The number of likely N-dealkylation sites (N-methyl/N-ethyl adjacent to an activating group) is 1. The van der Waals surface area contributed by atoms with Crippen LogP contribution < -0.4 is 5.32 Å². The molecule has 1 rings (SSSR count). The third-order valence-electron chi connectivity index (χ3n) is 2.98. The minimum atomic E-state index is -0.138. The molecule has 1 heterocycles. The van der Waals surface area contributed by atoms with Crippen molar-refractivity contribution in [2.45, 2.75) is 26.3 Å². The largest absolute Gasteiger partial charge is 0.365 e. The van der Waals surface area contributed by atoms with Crippen LogP contribution in [-0.4, -0.2) is 66.7 Å². The molecule has 0 radical (unpaired) electrons. The van der Waals surface area contributed by atoms with Crippen LogP contribution in [0.3, 0.4) is 0 Å². The van der Waals surface area contributed by atoms with Gasteiger partial charge in [0.05, 0.1) is 0 Å². The number of amides is 1. The van der Waals surface area contributed by atoms with E-state index in [1.807, 2.05) is 6.07 Å². The quantitative estimate of drug-likeness (QED) is 0.827. The van der Waals surface area contributed by atoms with Crippen LogP contribution in [0.4, 0.5) is 5.82 Å². The summed E-state index contributed by atoms with van der Waals surface area (Å²) in [4.78, 5) is 15.4. The molecule has 1 N–H and O–H groups in total. The maximum atomic E-state index is 11.8. The summed E-state index contributed by atoms with van der Waals surface area (Å²) in [5.41, 5.74) is 0.360. The number of anilines is 1.